The third kappa shape index (κ3) is 3.30. The van der Waals surface area contributed by atoms with Gasteiger partial charge in [0, 0.05) is 12.8 Å². The largest absolute Gasteiger partial charge is 0.376 e. The maximum absolute atomic E-state index is 6.03. The molecule has 0 aromatic heterocycles. The van der Waals surface area contributed by atoms with Crippen molar-refractivity contribution >= 4 is 0 Å². The number of rotatable bonds is 3. The molecule has 0 N–H and O–H groups in total. The van der Waals surface area contributed by atoms with Crippen LogP contribution in [0.3, 0.4) is 0 Å². The molecule has 3 fully saturated rings. The van der Waals surface area contributed by atoms with Gasteiger partial charge in [-0.25, -0.2) is 0 Å². The molecule has 1 atom stereocenters. The van der Waals surface area contributed by atoms with Crippen molar-refractivity contribution in [2.75, 3.05) is 19.8 Å². The van der Waals surface area contributed by atoms with E-state index in [1.807, 2.05) is 0 Å². The standard InChI is InChI=1S/C15H26O4/c1-14(2)6-3-13(19-14)11-16-12-4-7-15(8-5-12)17-9-10-18-15/h12-13H,3-11H2,1-2H3. The van der Waals surface area contributed by atoms with Gasteiger partial charge in [0.25, 0.3) is 0 Å². The normalized spacial score (nSPS) is 34.1. The van der Waals surface area contributed by atoms with E-state index in [9.17, 15) is 0 Å². The average molecular weight is 270 g/mol. The summed E-state index contributed by atoms with van der Waals surface area (Å²) in [4.78, 5) is 0. The van der Waals surface area contributed by atoms with Crippen LogP contribution in [0, 0.1) is 0 Å². The SMILES string of the molecule is CC1(C)CCC(COC2CCC3(CC2)OCCO3)O1. The minimum Gasteiger partial charge on any atom is -0.376 e. The molecule has 0 aromatic rings. The molecule has 0 aromatic carbocycles. The predicted molar refractivity (Wildman–Crippen MR) is 71.0 cm³/mol. The molecule has 0 radical (unpaired) electrons. The fraction of sp³-hybridized carbons (Fsp3) is 1.00. The van der Waals surface area contributed by atoms with Crippen LogP contribution in [0.1, 0.15) is 52.4 Å². The highest BCUT2D eigenvalue weighted by Gasteiger charge is 2.41. The molecule has 2 aliphatic heterocycles. The van der Waals surface area contributed by atoms with Gasteiger partial charge in [-0.05, 0) is 39.5 Å². The first-order valence-electron chi connectivity index (χ1n) is 7.64. The summed E-state index contributed by atoms with van der Waals surface area (Å²) in [5.41, 5.74) is 0.0379. The van der Waals surface area contributed by atoms with Gasteiger partial charge in [-0.15, -0.1) is 0 Å². The Kier molecular flexibility index (Phi) is 3.87. The van der Waals surface area contributed by atoms with Crippen molar-refractivity contribution in [2.45, 2.75) is 76.0 Å². The zero-order valence-electron chi connectivity index (χ0n) is 12.2. The second-order valence-corrected chi connectivity index (χ2v) is 6.68. The average Bonchev–Trinajstić information content (AvgIpc) is 2.96. The van der Waals surface area contributed by atoms with Gasteiger partial charge in [-0.1, -0.05) is 0 Å². The van der Waals surface area contributed by atoms with Crippen LogP contribution in [0.4, 0.5) is 0 Å². The lowest BCUT2D eigenvalue weighted by Crippen LogP contribution is -2.38. The Labute approximate surface area is 115 Å². The lowest BCUT2D eigenvalue weighted by Gasteiger charge is -2.35. The van der Waals surface area contributed by atoms with Gasteiger partial charge in [0.15, 0.2) is 5.79 Å². The Hall–Kier alpha value is -0.160. The van der Waals surface area contributed by atoms with Crippen LogP contribution in [0.25, 0.3) is 0 Å². The van der Waals surface area contributed by atoms with Gasteiger partial charge in [0.2, 0.25) is 0 Å². The monoisotopic (exact) mass is 270 g/mol. The summed E-state index contributed by atoms with van der Waals surface area (Å²) in [5, 5.41) is 0. The Balaban J connectivity index is 1.38. The zero-order chi connectivity index (χ0) is 13.3. The van der Waals surface area contributed by atoms with E-state index in [-0.39, 0.29) is 17.5 Å². The molecular weight excluding hydrogens is 244 g/mol. The van der Waals surface area contributed by atoms with Gasteiger partial charge in [0.05, 0.1) is 37.6 Å². The molecule has 1 aliphatic carbocycles. The van der Waals surface area contributed by atoms with Gasteiger partial charge in [-0.2, -0.15) is 0 Å². The molecule has 4 heteroatoms. The quantitative estimate of drug-likeness (QED) is 0.790. The summed E-state index contributed by atoms with van der Waals surface area (Å²) in [5.74, 6) is -0.272. The molecule has 2 saturated heterocycles. The molecular formula is C15H26O4. The lowest BCUT2D eigenvalue weighted by atomic mass is 9.92. The van der Waals surface area contributed by atoms with Crippen LogP contribution in [0.2, 0.25) is 0 Å². The summed E-state index contributed by atoms with van der Waals surface area (Å²) < 4.78 is 23.5. The predicted octanol–water partition coefficient (Wildman–Crippen LogP) is 2.65. The van der Waals surface area contributed by atoms with E-state index in [0.29, 0.717) is 6.10 Å². The van der Waals surface area contributed by atoms with Crippen molar-refractivity contribution in [2.24, 2.45) is 0 Å². The van der Waals surface area contributed by atoms with Crippen LogP contribution in [0.15, 0.2) is 0 Å². The second-order valence-electron chi connectivity index (χ2n) is 6.68. The van der Waals surface area contributed by atoms with Crippen LogP contribution in [-0.4, -0.2) is 43.4 Å². The van der Waals surface area contributed by atoms with E-state index in [0.717, 1.165) is 58.3 Å². The highest BCUT2D eigenvalue weighted by Crippen LogP contribution is 2.37. The summed E-state index contributed by atoms with van der Waals surface area (Å²) >= 11 is 0. The maximum atomic E-state index is 6.03. The second kappa shape index (κ2) is 5.32. The number of hydrogen-bond donors (Lipinski definition) is 0. The first-order chi connectivity index (χ1) is 9.07. The molecule has 2 heterocycles. The molecule has 19 heavy (non-hydrogen) atoms. The molecule has 0 amide bonds. The van der Waals surface area contributed by atoms with E-state index >= 15 is 0 Å². The van der Waals surface area contributed by atoms with Crippen molar-refractivity contribution in [3.05, 3.63) is 0 Å². The summed E-state index contributed by atoms with van der Waals surface area (Å²) in [6, 6.07) is 0. The molecule has 4 nitrogen and oxygen atoms in total. The fourth-order valence-electron chi connectivity index (χ4n) is 3.42. The summed E-state index contributed by atoms with van der Waals surface area (Å²) in [6.07, 6.45) is 6.90. The van der Waals surface area contributed by atoms with Crippen LogP contribution in [0.5, 0.6) is 0 Å². The van der Waals surface area contributed by atoms with Crippen molar-refractivity contribution in [1.29, 1.82) is 0 Å². The van der Waals surface area contributed by atoms with Crippen LogP contribution in [-0.2, 0) is 18.9 Å². The van der Waals surface area contributed by atoms with E-state index < -0.39 is 0 Å². The van der Waals surface area contributed by atoms with Crippen molar-refractivity contribution in [3.63, 3.8) is 0 Å². The summed E-state index contributed by atoms with van der Waals surface area (Å²) in [6.45, 7) is 6.55. The van der Waals surface area contributed by atoms with E-state index in [1.165, 1.54) is 0 Å². The minimum absolute atomic E-state index is 0.0379. The van der Waals surface area contributed by atoms with Gasteiger partial charge >= 0.3 is 0 Å². The van der Waals surface area contributed by atoms with Gasteiger partial charge < -0.3 is 18.9 Å². The smallest absolute Gasteiger partial charge is 0.168 e. The maximum Gasteiger partial charge on any atom is 0.168 e. The topological polar surface area (TPSA) is 36.9 Å². The van der Waals surface area contributed by atoms with Gasteiger partial charge in [-0.3, -0.25) is 0 Å². The molecule has 3 aliphatic rings. The molecule has 110 valence electrons. The van der Waals surface area contributed by atoms with Crippen LogP contribution < -0.4 is 0 Å². The third-order valence-electron chi connectivity index (χ3n) is 4.58. The molecule has 1 spiro atoms. The Morgan fingerprint density at radius 3 is 2.26 bits per heavy atom. The Morgan fingerprint density at radius 2 is 1.68 bits per heavy atom. The van der Waals surface area contributed by atoms with Crippen LogP contribution >= 0.6 is 0 Å². The highest BCUT2D eigenvalue weighted by molar-refractivity contribution is 4.84. The molecule has 1 saturated carbocycles. The first kappa shape index (κ1) is 13.8. The number of hydrogen-bond acceptors (Lipinski definition) is 4. The zero-order valence-corrected chi connectivity index (χ0v) is 12.2. The fourth-order valence-corrected chi connectivity index (χ4v) is 3.42. The molecule has 3 rings (SSSR count). The Bertz CT molecular complexity index is 299. The third-order valence-corrected chi connectivity index (χ3v) is 4.58. The van der Waals surface area contributed by atoms with Gasteiger partial charge in [0.1, 0.15) is 0 Å². The lowest BCUT2D eigenvalue weighted by molar-refractivity contribution is -0.194. The minimum atomic E-state index is -0.272. The highest BCUT2D eigenvalue weighted by atomic mass is 16.7. The number of ether oxygens (including phenoxy) is 4. The van der Waals surface area contributed by atoms with E-state index in [2.05, 4.69) is 13.8 Å². The van der Waals surface area contributed by atoms with Crippen molar-refractivity contribution in [1.82, 2.24) is 0 Å². The van der Waals surface area contributed by atoms with Crippen molar-refractivity contribution in [3.8, 4) is 0 Å². The Morgan fingerprint density at radius 1 is 1.00 bits per heavy atom. The van der Waals surface area contributed by atoms with E-state index in [4.69, 9.17) is 18.9 Å². The molecule has 0 bridgehead atoms. The first-order valence-corrected chi connectivity index (χ1v) is 7.64. The van der Waals surface area contributed by atoms with E-state index in [1.54, 1.807) is 0 Å². The molecule has 1 unspecified atom stereocenters. The summed E-state index contributed by atoms with van der Waals surface area (Å²) in [7, 11) is 0. The van der Waals surface area contributed by atoms with Crippen molar-refractivity contribution < 1.29 is 18.9 Å².